The topological polar surface area (TPSA) is 81.1 Å². The van der Waals surface area contributed by atoms with Crippen LogP contribution in [0.25, 0.3) is 0 Å². The minimum Gasteiger partial charge on any atom is -0.397 e. The lowest BCUT2D eigenvalue weighted by molar-refractivity contribution is 0.0949. The van der Waals surface area contributed by atoms with Crippen LogP contribution in [0.2, 0.25) is 0 Å². The van der Waals surface area contributed by atoms with Crippen molar-refractivity contribution in [2.75, 3.05) is 18.0 Å². The molecule has 0 aliphatic carbocycles. The summed E-state index contributed by atoms with van der Waals surface area (Å²) in [5.74, 6) is 0.315. The quantitative estimate of drug-likeness (QED) is 0.652. The molecule has 0 atom stereocenters. The fourth-order valence-corrected chi connectivity index (χ4v) is 1.11. The lowest BCUT2D eigenvalue weighted by Gasteiger charge is -2.08. The fraction of sp³-hybridized carbons (Fsp3) is 0.364. The Balaban J connectivity index is 2.70. The van der Waals surface area contributed by atoms with Crippen LogP contribution in [0.15, 0.2) is 18.2 Å². The number of nitrogen functional groups attached to an aromatic ring is 2. The van der Waals surface area contributed by atoms with Crippen LogP contribution in [0.1, 0.15) is 24.2 Å². The van der Waals surface area contributed by atoms with E-state index in [1.54, 1.807) is 18.2 Å². The van der Waals surface area contributed by atoms with Gasteiger partial charge in [0.25, 0.3) is 5.91 Å². The molecule has 82 valence electrons. The van der Waals surface area contributed by atoms with Crippen molar-refractivity contribution in [1.29, 1.82) is 0 Å². The summed E-state index contributed by atoms with van der Waals surface area (Å²) >= 11 is 0. The van der Waals surface area contributed by atoms with Gasteiger partial charge in [-0.05, 0) is 24.1 Å². The van der Waals surface area contributed by atoms with E-state index in [0.29, 0.717) is 29.4 Å². The van der Waals surface area contributed by atoms with Crippen molar-refractivity contribution in [3.8, 4) is 0 Å². The smallest absolute Gasteiger partial charge is 0.251 e. The molecule has 0 radical (unpaired) electrons. The molecular formula is C11H17N3O. The molecule has 0 aromatic heterocycles. The van der Waals surface area contributed by atoms with Crippen molar-refractivity contribution in [3.63, 3.8) is 0 Å². The Morgan fingerprint density at radius 2 is 2.00 bits per heavy atom. The zero-order valence-corrected chi connectivity index (χ0v) is 9.08. The minimum absolute atomic E-state index is 0.115. The molecule has 1 aromatic carbocycles. The van der Waals surface area contributed by atoms with Gasteiger partial charge in [-0.25, -0.2) is 0 Å². The van der Waals surface area contributed by atoms with E-state index in [0.717, 1.165) is 0 Å². The predicted molar refractivity (Wildman–Crippen MR) is 62.4 cm³/mol. The molecule has 0 unspecified atom stereocenters. The van der Waals surface area contributed by atoms with Gasteiger partial charge in [-0.2, -0.15) is 0 Å². The summed E-state index contributed by atoms with van der Waals surface area (Å²) in [7, 11) is 0. The molecule has 4 heteroatoms. The summed E-state index contributed by atoms with van der Waals surface area (Å²) in [6.07, 6.45) is 0. The van der Waals surface area contributed by atoms with Crippen LogP contribution in [0.4, 0.5) is 11.4 Å². The van der Waals surface area contributed by atoms with Gasteiger partial charge in [-0.15, -0.1) is 0 Å². The Kier molecular flexibility index (Phi) is 3.55. The van der Waals surface area contributed by atoms with E-state index in [1.165, 1.54) is 0 Å². The third kappa shape index (κ3) is 3.16. The Morgan fingerprint density at radius 3 is 2.53 bits per heavy atom. The predicted octanol–water partition coefficient (Wildman–Crippen LogP) is 1.24. The van der Waals surface area contributed by atoms with Crippen LogP contribution in [0.5, 0.6) is 0 Å². The van der Waals surface area contributed by atoms with Gasteiger partial charge in [0.2, 0.25) is 0 Å². The second-order valence-corrected chi connectivity index (χ2v) is 3.95. The lowest BCUT2D eigenvalue weighted by atomic mass is 10.1. The number of amides is 1. The van der Waals surface area contributed by atoms with Gasteiger partial charge in [0.15, 0.2) is 0 Å². The van der Waals surface area contributed by atoms with Gasteiger partial charge in [0, 0.05) is 12.1 Å². The first-order chi connectivity index (χ1) is 7.00. The minimum atomic E-state index is -0.115. The van der Waals surface area contributed by atoms with Crippen molar-refractivity contribution in [2.24, 2.45) is 5.92 Å². The summed E-state index contributed by atoms with van der Waals surface area (Å²) in [4.78, 5) is 11.6. The van der Waals surface area contributed by atoms with Gasteiger partial charge in [0.05, 0.1) is 11.4 Å². The summed E-state index contributed by atoms with van der Waals surface area (Å²) in [6.45, 7) is 4.73. The first kappa shape index (κ1) is 11.4. The van der Waals surface area contributed by atoms with Crippen LogP contribution >= 0.6 is 0 Å². The molecule has 4 nitrogen and oxygen atoms in total. The molecule has 5 N–H and O–H groups in total. The first-order valence-corrected chi connectivity index (χ1v) is 4.94. The molecule has 1 rings (SSSR count). The second kappa shape index (κ2) is 4.68. The maximum absolute atomic E-state index is 11.6. The Labute approximate surface area is 89.6 Å². The number of nitrogens with one attached hydrogen (secondary N) is 1. The monoisotopic (exact) mass is 207 g/mol. The van der Waals surface area contributed by atoms with E-state index in [4.69, 9.17) is 11.5 Å². The number of hydrogen-bond acceptors (Lipinski definition) is 3. The molecule has 0 bridgehead atoms. The van der Waals surface area contributed by atoms with Crippen LogP contribution in [-0.4, -0.2) is 12.5 Å². The molecule has 0 saturated carbocycles. The molecule has 1 aromatic rings. The molecule has 0 aliphatic heterocycles. The number of carbonyl (C=O) groups is 1. The van der Waals surface area contributed by atoms with Gasteiger partial charge < -0.3 is 16.8 Å². The Bertz CT molecular complexity index is 361. The standard InChI is InChI=1S/C11H17N3O/c1-7(2)6-14-11(15)8-3-4-9(12)10(13)5-8/h3-5,7H,6,12-13H2,1-2H3,(H,14,15). The van der Waals surface area contributed by atoms with E-state index < -0.39 is 0 Å². The molecule has 0 saturated heterocycles. The molecule has 0 heterocycles. The molecular weight excluding hydrogens is 190 g/mol. The highest BCUT2D eigenvalue weighted by Crippen LogP contribution is 2.15. The second-order valence-electron chi connectivity index (χ2n) is 3.95. The van der Waals surface area contributed by atoms with E-state index in [1.807, 2.05) is 13.8 Å². The highest BCUT2D eigenvalue weighted by atomic mass is 16.1. The average molecular weight is 207 g/mol. The van der Waals surface area contributed by atoms with Crippen LogP contribution in [-0.2, 0) is 0 Å². The lowest BCUT2D eigenvalue weighted by Crippen LogP contribution is -2.27. The summed E-state index contributed by atoms with van der Waals surface area (Å²) < 4.78 is 0. The SMILES string of the molecule is CC(C)CNC(=O)c1ccc(N)c(N)c1. The average Bonchev–Trinajstić information content (AvgIpc) is 2.18. The largest absolute Gasteiger partial charge is 0.397 e. The van der Waals surface area contributed by atoms with E-state index in [9.17, 15) is 4.79 Å². The normalized spacial score (nSPS) is 10.3. The number of carbonyl (C=O) groups excluding carboxylic acids is 1. The van der Waals surface area contributed by atoms with Crippen molar-refractivity contribution >= 4 is 17.3 Å². The third-order valence-corrected chi connectivity index (χ3v) is 2.02. The Morgan fingerprint density at radius 1 is 1.33 bits per heavy atom. The number of anilines is 2. The van der Waals surface area contributed by atoms with Gasteiger partial charge >= 0.3 is 0 Å². The molecule has 15 heavy (non-hydrogen) atoms. The third-order valence-electron chi connectivity index (χ3n) is 2.02. The maximum Gasteiger partial charge on any atom is 0.251 e. The van der Waals surface area contributed by atoms with Crippen molar-refractivity contribution < 1.29 is 4.79 Å². The highest BCUT2D eigenvalue weighted by molar-refractivity contribution is 5.95. The number of benzene rings is 1. The van der Waals surface area contributed by atoms with E-state index in [-0.39, 0.29) is 5.91 Å². The van der Waals surface area contributed by atoms with Crippen molar-refractivity contribution in [2.45, 2.75) is 13.8 Å². The van der Waals surface area contributed by atoms with E-state index >= 15 is 0 Å². The van der Waals surface area contributed by atoms with Crippen molar-refractivity contribution in [1.82, 2.24) is 5.32 Å². The van der Waals surface area contributed by atoms with Gasteiger partial charge in [-0.3, -0.25) is 4.79 Å². The zero-order chi connectivity index (χ0) is 11.4. The molecule has 0 spiro atoms. The number of nitrogens with two attached hydrogens (primary N) is 2. The highest BCUT2D eigenvalue weighted by Gasteiger charge is 2.06. The molecule has 0 fully saturated rings. The van der Waals surface area contributed by atoms with Crippen LogP contribution in [0.3, 0.4) is 0 Å². The summed E-state index contributed by atoms with van der Waals surface area (Å²) in [5, 5.41) is 2.81. The van der Waals surface area contributed by atoms with Crippen LogP contribution < -0.4 is 16.8 Å². The van der Waals surface area contributed by atoms with Gasteiger partial charge in [0.1, 0.15) is 0 Å². The van der Waals surface area contributed by atoms with Crippen molar-refractivity contribution in [3.05, 3.63) is 23.8 Å². The fourth-order valence-electron chi connectivity index (χ4n) is 1.11. The summed E-state index contributed by atoms with van der Waals surface area (Å²) in [5.41, 5.74) is 12.6. The zero-order valence-electron chi connectivity index (χ0n) is 9.08. The maximum atomic E-state index is 11.6. The number of hydrogen-bond donors (Lipinski definition) is 3. The van der Waals surface area contributed by atoms with Crippen LogP contribution in [0, 0.1) is 5.92 Å². The number of rotatable bonds is 3. The van der Waals surface area contributed by atoms with Gasteiger partial charge in [-0.1, -0.05) is 13.8 Å². The first-order valence-electron chi connectivity index (χ1n) is 4.94. The summed E-state index contributed by atoms with van der Waals surface area (Å²) in [6, 6.07) is 4.89. The Hall–Kier alpha value is -1.71. The molecule has 1 amide bonds. The molecule has 0 aliphatic rings. The van der Waals surface area contributed by atoms with E-state index in [2.05, 4.69) is 5.32 Å².